The van der Waals surface area contributed by atoms with E-state index in [0.717, 1.165) is 35.5 Å². The molecule has 1 aliphatic carbocycles. The van der Waals surface area contributed by atoms with Crippen molar-refractivity contribution in [2.45, 2.75) is 80.6 Å². The second kappa shape index (κ2) is 8.39. The molecule has 1 fully saturated rings. The van der Waals surface area contributed by atoms with Crippen LogP contribution in [-0.2, 0) is 0 Å². The molecule has 0 aromatic rings. The summed E-state index contributed by atoms with van der Waals surface area (Å²) in [6, 6.07) is 0. The molecule has 0 saturated heterocycles. The lowest BCUT2D eigenvalue weighted by molar-refractivity contribution is 0.00168. The Morgan fingerprint density at radius 1 is 1.10 bits per heavy atom. The zero-order chi connectivity index (χ0) is 16.2. The van der Waals surface area contributed by atoms with E-state index in [9.17, 15) is 0 Å². The second-order valence-electron chi connectivity index (χ2n) is 8.17. The Balaban J connectivity index is 3.07. The third-order valence-corrected chi connectivity index (χ3v) is 6.63. The minimum Gasteiger partial charge on any atom is -0.0999 e. The van der Waals surface area contributed by atoms with Gasteiger partial charge >= 0.3 is 0 Å². The van der Waals surface area contributed by atoms with Gasteiger partial charge in [-0.2, -0.15) is 0 Å². The minimum absolute atomic E-state index is 0.678. The SMILES string of the molecule is C=C(C)C(C)C(CCC)C1C(C)CC(C)C(C)C1CCC. The average Bonchev–Trinajstić information content (AvgIpc) is 2.42. The van der Waals surface area contributed by atoms with Crippen LogP contribution < -0.4 is 0 Å². The minimum atomic E-state index is 0.678. The Morgan fingerprint density at radius 3 is 2.19 bits per heavy atom. The van der Waals surface area contributed by atoms with Crippen LogP contribution in [0.4, 0.5) is 0 Å². The highest BCUT2D eigenvalue weighted by Crippen LogP contribution is 2.50. The molecule has 0 radical (unpaired) electrons. The molecule has 0 N–H and O–H groups in total. The van der Waals surface area contributed by atoms with E-state index < -0.39 is 0 Å². The summed E-state index contributed by atoms with van der Waals surface area (Å²) in [6.45, 7) is 21.2. The van der Waals surface area contributed by atoms with Gasteiger partial charge in [0.05, 0.1) is 0 Å². The van der Waals surface area contributed by atoms with E-state index in [1.807, 2.05) is 0 Å². The van der Waals surface area contributed by atoms with Crippen molar-refractivity contribution >= 4 is 0 Å². The van der Waals surface area contributed by atoms with E-state index in [-0.39, 0.29) is 0 Å². The van der Waals surface area contributed by atoms with Gasteiger partial charge in [0, 0.05) is 0 Å². The summed E-state index contributed by atoms with van der Waals surface area (Å²) in [6.07, 6.45) is 6.88. The van der Waals surface area contributed by atoms with Crippen molar-refractivity contribution in [3.05, 3.63) is 12.2 Å². The maximum atomic E-state index is 4.28. The first-order valence-corrected chi connectivity index (χ1v) is 9.50. The summed E-state index contributed by atoms with van der Waals surface area (Å²) in [5.74, 6) is 6.02. The van der Waals surface area contributed by atoms with Crippen LogP contribution >= 0.6 is 0 Å². The van der Waals surface area contributed by atoms with E-state index in [4.69, 9.17) is 0 Å². The lowest BCUT2D eigenvalue weighted by atomic mass is 9.56. The predicted molar refractivity (Wildman–Crippen MR) is 96.4 cm³/mol. The fourth-order valence-electron chi connectivity index (χ4n) is 5.16. The molecule has 0 aromatic heterocycles. The van der Waals surface area contributed by atoms with Crippen molar-refractivity contribution < 1.29 is 0 Å². The molecule has 1 saturated carbocycles. The molecule has 0 amide bonds. The Kier molecular flexibility index (Phi) is 7.51. The van der Waals surface area contributed by atoms with Crippen LogP contribution in [0.5, 0.6) is 0 Å². The molecule has 0 nitrogen and oxygen atoms in total. The van der Waals surface area contributed by atoms with Crippen molar-refractivity contribution in [2.24, 2.45) is 41.4 Å². The highest BCUT2D eigenvalue weighted by atomic mass is 14.5. The van der Waals surface area contributed by atoms with Crippen LogP contribution in [-0.4, -0.2) is 0 Å². The van der Waals surface area contributed by atoms with Crippen molar-refractivity contribution in [3.63, 3.8) is 0 Å². The van der Waals surface area contributed by atoms with Gasteiger partial charge in [0.2, 0.25) is 0 Å². The smallest absolute Gasteiger partial charge is 0.0206 e. The molecule has 7 atom stereocenters. The molecule has 1 aliphatic rings. The van der Waals surface area contributed by atoms with Gasteiger partial charge in [-0.25, -0.2) is 0 Å². The summed E-state index contributed by atoms with van der Waals surface area (Å²) in [4.78, 5) is 0. The third kappa shape index (κ3) is 4.36. The molecule has 0 spiro atoms. The van der Waals surface area contributed by atoms with E-state index >= 15 is 0 Å². The number of rotatable bonds is 7. The van der Waals surface area contributed by atoms with E-state index in [1.54, 1.807) is 0 Å². The second-order valence-corrected chi connectivity index (χ2v) is 8.17. The Morgan fingerprint density at radius 2 is 1.71 bits per heavy atom. The summed E-state index contributed by atoms with van der Waals surface area (Å²) >= 11 is 0. The molecule has 7 unspecified atom stereocenters. The normalized spacial score (nSPS) is 36.2. The van der Waals surface area contributed by atoms with Crippen molar-refractivity contribution in [1.29, 1.82) is 0 Å². The lowest BCUT2D eigenvalue weighted by Gasteiger charge is -2.49. The lowest BCUT2D eigenvalue weighted by Crippen LogP contribution is -2.42. The van der Waals surface area contributed by atoms with Gasteiger partial charge in [0.1, 0.15) is 0 Å². The molecule has 0 heterocycles. The van der Waals surface area contributed by atoms with Crippen LogP contribution in [0.2, 0.25) is 0 Å². The molecular formula is C21H40. The number of hydrogen-bond acceptors (Lipinski definition) is 0. The van der Waals surface area contributed by atoms with Crippen LogP contribution in [0.15, 0.2) is 12.2 Å². The van der Waals surface area contributed by atoms with Crippen molar-refractivity contribution in [3.8, 4) is 0 Å². The van der Waals surface area contributed by atoms with E-state index in [1.165, 1.54) is 37.7 Å². The Hall–Kier alpha value is -0.260. The zero-order valence-corrected chi connectivity index (χ0v) is 15.8. The van der Waals surface area contributed by atoms with Crippen LogP contribution in [0, 0.1) is 41.4 Å². The topological polar surface area (TPSA) is 0 Å². The molecule has 0 aliphatic heterocycles. The van der Waals surface area contributed by atoms with Gasteiger partial charge in [0.15, 0.2) is 0 Å². The summed E-state index contributed by atoms with van der Waals surface area (Å²) in [7, 11) is 0. The van der Waals surface area contributed by atoms with E-state index in [2.05, 4.69) is 55.0 Å². The average molecular weight is 293 g/mol. The van der Waals surface area contributed by atoms with Gasteiger partial charge in [-0.3, -0.25) is 0 Å². The van der Waals surface area contributed by atoms with Gasteiger partial charge in [-0.05, 0) is 61.2 Å². The van der Waals surface area contributed by atoms with Crippen molar-refractivity contribution in [2.75, 3.05) is 0 Å². The van der Waals surface area contributed by atoms with Gasteiger partial charge in [-0.15, -0.1) is 0 Å². The molecule has 21 heavy (non-hydrogen) atoms. The van der Waals surface area contributed by atoms with E-state index in [0.29, 0.717) is 5.92 Å². The fraction of sp³-hybridized carbons (Fsp3) is 0.905. The van der Waals surface area contributed by atoms with Gasteiger partial charge < -0.3 is 0 Å². The van der Waals surface area contributed by atoms with Crippen molar-refractivity contribution in [1.82, 2.24) is 0 Å². The highest BCUT2D eigenvalue weighted by Gasteiger charge is 2.43. The fourth-order valence-corrected chi connectivity index (χ4v) is 5.16. The first-order valence-electron chi connectivity index (χ1n) is 9.50. The summed E-state index contributed by atoms with van der Waals surface area (Å²) < 4.78 is 0. The quantitative estimate of drug-likeness (QED) is 0.445. The molecule has 124 valence electrons. The molecule has 0 bridgehead atoms. The highest BCUT2D eigenvalue weighted by molar-refractivity contribution is 5.01. The largest absolute Gasteiger partial charge is 0.0999 e. The molecule has 0 heteroatoms. The maximum Gasteiger partial charge on any atom is -0.0206 e. The Labute approximate surface area is 134 Å². The standard InChI is InChI=1S/C21H40/c1-9-11-19(17(7)14(3)4)21-16(6)13-15(5)18(8)20(21)12-10-2/h15-21H,3,9-13H2,1-2,4-8H3. The zero-order valence-electron chi connectivity index (χ0n) is 15.8. The summed E-state index contributed by atoms with van der Waals surface area (Å²) in [5, 5.41) is 0. The molecule has 1 rings (SSSR count). The Bertz CT molecular complexity index is 316. The molecule has 0 aromatic carbocycles. The first-order chi connectivity index (χ1) is 9.84. The molecular weight excluding hydrogens is 252 g/mol. The first kappa shape index (κ1) is 18.8. The predicted octanol–water partition coefficient (Wildman–Crippen LogP) is 6.96. The van der Waals surface area contributed by atoms with Crippen LogP contribution in [0.3, 0.4) is 0 Å². The number of allylic oxidation sites excluding steroid dienone is 1. The van der Waals surface area contributed by atoms with Gasteiger partial charge in [-0.1, -0.05) is 73.0 Å². The number of hydrogen-bond donors (Lipinski definition) is 0. The maximum absolute atomic E-state index is 4.28. The van der Waals surface area contributed by atoms with Crippen LogP contribution in [0.1, 0.15) is 80.6 Å². The van der Waals surface area contributed by atoms with Gasteiger partial charge in [0.25, 0.3) is 0 Å². The summed E-state index contributed by atoms with van der Waals surface area (Å²) in [5.41, 5.74) is 1.39. The monoisotopic (exact) mass is 292 g/mol. The third-order valence-electron chi connectivity index (χ3n) is 6.63. The van der Waals surface area contributed by atoms with Crippen LogP contribution in [0.25, 0.3) is 0 Å².